The second-order valence-corrected chi connectivity index (χ2v) is 6.51. The van der Waals surface area contributed by atoms with Crippen LogP contribution in [0.25, 0.3) is 0 Å². The first-order valence-electron chi connectivity index (χ1n) is 6.77. The van der Waals surface area contributed by atoms with E-state index in [1.807, 2.05) is 0 Å². The van der Waals surface area contributed by atoms with Gasteiger partial charge in [-0.1, -0.05) is 23.2 Å². The van der Waals surface area contributed by atoms with Gasteiger partial charge >= 0.3 is 12.1 Å². The molecular formula is C15H19Cl2NO5. The van der Waals surface area contributed by atoms with Crippen LogP contribution in [0.3, 0.4) is 0 Å². The molecule has 1 unspecified atom stereocenters. The molecule has 1 aromatic rings. The van der Waals surface area contributed by atoms with Crippen LogP contribution in [-0.2, 0) is 14.3 Å². The Morgan fingerprint density at radius 3 is 2.22 bits per heavy atom. The van der Waals surface area contributed by atoms with Gasteiger partial charge in [0.2, 0.25) is 0 Å². The Hall–Kier alpha value is -1.66. The van der Waals surface area contributed by atoms with E-state index in [2.05, 4.69) is 10.1 Å². The van der Waals surface area contributed by atoms with Crippen molar-refractivity contribution in [2.45, 2.75) is 32.4 Å². The Labute approximate surface area is 145 Å². The number of esters is 1. The van der Waals surface area contributed by atoms with Crippen molar-refractivity contribution < 1.29 is 23.8 Å². The average molecular weight is 364 g/mol. The molecular weight excluding hydrogens is 345 g/mol. The number of methoxy groups -OCH3 is 1. The molecule has 128 valence electrons. The van der Waals surface area contributed by atoms with Crippen LogP contribution in [0, 0.1) is 0 Å². The summed E-state index contributed by atoms with van der Waals surface area (Å²) in [6.45, 7) is 4.97. The van der Waals surface area contributed by atoms with E-state index in [0.29, 0.717) is 15.8 Å². The van der Waals surface area contributed by atoms with Crippen LogP contribution in [0.15, 0.2) is 18.2 Å². The van der Waals surface area contributed by atoms with Crippen LogP contribution in [-0.4, -0.2) is 37.4 Å². The average Bonchev–Trinajstić information content (AvgIpc) is 2.39. The zero-order valence-electron chi connectivity index (χ0n) is 13.3. The maximum Gasteiger partial charge on any atom is 0.408 e. The fraction of sp³-hybridized carbons (Fsp3) is 0.467. The minimum absolute atomic E-state index is 0.164. The molecule has 0 aromatic heterocycles. The molecule has 0 aliphatic heterocycles. The van der Waals surface area contributed by atoms with Crippen LogP contribution in [0.4, 0.5) is 4.79 Å². The second-order valence-electron chi connectivity index (χ2n) is 5.64. The number of rotatable bonds is 5. The lowest BCUT2D eigenvalue weighted by Crippen LogP contribution is -2.47. The monoisotopic (exact) mass is 363 g/mol. The van der Waals surface area contributed by atoms with Gasteiger partial charge in [-0.15, -0.1) is 0 Å². The van der Waals surface area contributed by atoms with E-state index in [4.69, 9.17) is 32.7 Å². The lowest BCUT2D eigenvalue weighted by molar-refractivity contribution is -0.143. The Morgan fingerprint density at radius 1 is 1.17 bits per heavy atom. The molecule has 0 fully saturated rings. The number of nitrogens with one attached hydrogen (secondary N) is 1. The fourth-order valence-corrected chi connectivity index (χ4v) is 2.06. The van der Waals surface area contributed by atoms with Gasteiger partial charge in [0.05, 0.1) is 7.11 Å². The Kier molecular flexibility index (Phi) is 6.97. The first kappa shape index (κ1) is 19.4. The molecule has 1 atom stereocenters. The molecule has 0 bridgehead atoms. The van der Waals surface area contributed by atoms with E-state index in [1.54, 1.807) is 26.8 Å². The molecule has 1 aromatic carbocycles. The minimum atomic E-state index is -1.03. The van der Waals surface area contributed by atoms with Crippen molar-refractivity contribution in [2.75, 3.05) is 13.7 Å². The summed E-state index contributed by atoms with van der Waals surface area (Å²) in [7, 11) is 1.21. The molecule has 0 aliphatic rings. The molecule has 0 saturated carbocycles. The van der Waals surface area contributed by atoms with E-state index in [0.717, 1.165) is 0 Å². The molecule has 8 heteroatoms. The highest BCUT2D eigenvalue weighted by atomic mass is 35.5. The standard InChI is InChI=1S/C15H19Cl2NO5/c1-15(2,3)23-14(20)18-12(13(19)21-4)8-22-11-6-9(16)5-10(17)7-11/h5-7,12H,8H2,1-4H3,(H,18,20). The summed E-state index contributed by atoms with van der Waals surface area (Å²) in [4.78, 5) is 23.5. The zero-order chi connectivity index (χ0) is 17.6. The number of halogens is 2. The molecule has 6 nitrogen and oxygen atoms in total. The van der Waals surface area contributed by atoms with Gasteiger partial charge in [0, 0.05) is 10.0 Å². The Balaban J connectivity index is 2.71. The first-order chi connectivity index (χ1) is 10.6. The number of hydrogen-bond donors (Lipinski definition) is 1. The quantitative estimate of drug-likeness (QED) is 0.811. The normalized spacial score (nSPS) is 12.3. The molecule has 0 spiro atoms. The van der Waals surface area contributed by atoms with Crippen molar-refractivity contribution in [3.63, 3.8) is 0 Å². The van der Waals surface area contributed by atoms with Crippen LogP contribution < -0.4 is 10.1 Å². The summed E-state index contributed by atoms with van der Waals surface area (Å²) >= 11 is 11.7. The number of carbonyl (C=O) groups excluding carboxylic acids is 2. The highest BCUT2D eigenvalue weighted by Gasteiger charge is 2.25. The van der Waals surface area contributed by atoms with E-state index < -0.39 is 23.7 Å². The third kappa shape index (κ3) is 7.43. The maximum absolute atomic E-state index is 11.8. The predicted molar refractivity (Wildman–Crippen MR) is 87.1 cm³/mol. The Morgan fingerprint density at radius 2 is 1.74 bits per heavy atom. The lowest BCUT2D eigenvalue weighted by atomic mass is 10.2. The Bertz CT molecular complexity index is 551. The largest absolute Gasteiger partial charge is 0.491 e. The van der Waals surface area contributed by atoms with Crippen LogP contribution in [0.1, 0.15) is 20.8 Å². The summed E-state index contributed by atoms with van der Waals surface area (Å²) in [5, 5.41) is 3.18. The molecule has 1 N–H and O–H groups in total. The fourth-order valence-electron chi connectivity index (χ4n) is 1.55. The van der Waals surface area contributed by atoms with Crippen molar-refractivity contribution in [3.8, 4) is 5.75 Å². The molecule has 0 saturated heterocycles. The number of hydrogen-bond acceptors (Lipinski definition) is 5. The predicted octanol–water partition coefficient (Wildman–Crippen LogP) is 3.44. The smallest absolute Gasteiger partial charge is 0.408 e. The molecule has 0 heterocycles. The van der Waals surface area contributed by atoms with Gasteiger partial charge in [0.1, 0.15) is 18.0 Å². The van der Waals surface area contributed by atoms with E-state index in [9.17, 15) is 9.59 Å². The second kappa shape index (κ2) is 8.26. The topological polar surface area (TPSA) is 73.9 Å². The molecule has 0 aliphatic carbocycles. The SMILES string of the molecule is COC(=O)C(COc1cc(Cl)cc(Cl)c1)NC(=O)OC(C)(C)C. The third-order valence-electron chi connectivity index (χ3n) is 2.43. The maximum atomic E-state index is 11.8. The van der Waals surface area contributed by atoms with Crippen molar-refractivity contribution in [1.29, 1.82) is 0 Å². The van der Waals surface area contributed by atoms with Gasteiger partial charge in [0.25, 0.3) is 0 Å². The summed E-state index contributed by atoms with van der Waals surface area (Å²) in [6, 6.07) is 3.59. The molecule has 0 radical (unpaired) electrons. The summed E-state index contributed by atoms with van der Waals surface area (Å²) < 4.78 is 15.2. The van der Waals surface area contributed by atoms with Gasteiger partial charge in [-0.2, -0.15) is 0 Å². The number of carbonyl (C=O) groups is 2. The number of alkyl carbamates (subject to hydrolysis) is 1. The number of benzene rings is 1. The van der Waals surface area contributed by atoms with Crippen molar-refractivity contribution in [3.05, 3.63) is 28.2 Å². The van der Waals surface area contributed by atoms with Gasteiger partial charge < -0.3 is 19.5 Å². The van der Waals surface area contributed by atoms with Crippen LogP contribution in [0.5, 0.6) is 5.75 Å². The van der Waals surface area contributed by atoms with E-state index >= 15 is 0 Å². The van der Waals surface area contributed by atoms with Gasteiger partial charge in [-0.05, 0) is 39.0 Å². The van der Waals surface area contributed by atoms with E-state index in [1.165, 1.54) is 19.2 Å². The number of ether oxygens (including phenoxy) is 3. The summed E-state index contributed by atoms with van der Waals surface area (Å²) in [5.74, 6) is -0.300. The van der Waals surface area contributed by atoms with Crippen LogP contribution >= 0.6 is 23.2 Å². The molecule has 1 rings (SSSR count). The zero-order valence-corrected chi connectivity index (χ0v) is 14.8. The third-order valence-corrected chi connectivity index (χ3v) is 2.87. The van der Waals surface area contributed by atoms with Gasteiger partial charge in [0.15, 0.2) is 6.04 Å². The van der Waals surface area contributed by atoms with Crippen molar-refractivity contribution in [2.24, 2.45) is 0 Å². The highest BCUT2D eigenvalue weighted by molar-refractivity contribution is 6.34. The van der Waals surface area contributed by atoms with Gasteiger partial charge in [-0.25, -0.2) is 9.59 Å². The van der Waals surface area contributed by atoms with E-state index in [-0.39, 0.29) is 6.61 Å². The van der Waals surface area contributed by atoms with Crippen molar-refractivity contribution in [1.82, 2.24) is 5.32 Å². The number of amides is 1. The van der Waals surface area contributed by atoms with Gasteiger partial charge in [-0.3, -0.25) is 0 Å². The summed E-state index contributed by atoms with van der Waals surface area (Å²) in [6.07, 6.45) is -0.749. The van der Waals surface area contributed by atoms with Crippen molar-refractivity contribution >= 4 is 35.3 Å². The lowest BCUT2D eigenvalue weighted by Gasteiger charge is -2.22. The first-order valence-corrected chi connectivity index (χ1v) is 7.52. The molecule has 1 amide bonds. The summed E-state index contributed by atoms with van der Waals surface area (Å²) in [5.41, 5.74) is -0.688. The molecule has 23 heavy (non-hydrogen) atoms. The minimum Gasteiger partial charge on any atom is -0.491 e. The van der Waals surface area contributed by atoms with Crippen LogP contribution in [0.2, 0.25) is 10.0 Å². The highest BCUT2D eigenvalue weighted by Crippen LogP contribution is 2.24.